The average Bonchev–Trinajstić information content (AvgIpc) is 3.40. The standard InChI is InChI=1S/C26H25N3O2/c1-18(19-8-4-3-5-9-19)29-24-11-7-6-10-23(24)27-26(29)20-16-25(30)28(17-20)21-12-14-22(31-2)15-13-21/h3-15,18,20H,16-17H2,1-2H3/t18-,20-/m0/s1. The van der Waals surface area contributed by atoms with E-state index in [-0.39, 0.29) is 17.9 Å². The SMILES string of the molecule is COc1ccc(N2C[C@@H](c3nc4ccccc4n3[C@@H](C)c3ccccc3)CC2=O)cc1. The van der Waals surface area contributed by atoms with E-state index in [0.29, 0.717) is 13.0 Å². The Morgan fingerprint density at radius 2 is 1.68 bits per heavy atom. The van der Waals surface area contributed by atoms with Crippen molar-refractivity contribution < 1.29 is 9.53 Å². The van der Waals surface area contributed by atoms with E-state index < -0.39 is 0 Å². The Kier molecular flexibility index (Phi) is 4.94. The lowest BCUT2D eigenvalue weighted by atomic mass is 10.0. The van der Waals surface area contributed by atoms with Gasteiger partial charge in [-0.2, -0.15) is 0 Å². The Morgan fingerprint density at radius 3 is 2.42 bits per heavy atom. The normalized spacial score (nSPS) is 17.3. The average molecular weight is 412 g/mol. The smallest absolute Gasteiger partial charge is 0.227 e. The van der Waals surface area contributed by atoms with Crippen molar-refractivity contribution in [1.29, 1.82) is 0 Å². The van der Waals surface area contributed by atoms with Crippen LogP contribution in [-0.2, 0) is 4.79 Å². The van der Waals surface area contributed by atoms with Crippen LogP contribution in [-0.4, -0.2) is 29.1 Å². The number of benzene rings is 3. The molecule has 5 rings (SSSR count). The monoisotopic (exact) mass is 411 g/mol. The number of carbonyl (C=O) groups is 1. The second-order valence-corrected chi connectivity index (χ2v) is 8.02. The number of carbonyl (C=O) groups excluding carboxylic acids is 1. The third-order valence-corrected chi connectivity index (χ3v) is 6.17. The minimum atomic E-state index is 0.0353. The number of aromatic nitrogens is 2. The van der Waals surface area contributed by atoms with Crippen LogP contribution in [0.4, 0.5) is 5.69 Å². The van der Waals surface area contributed by atoms with Crippen LogP contribution in [0.1, 0.15) is 36.7 Å². The summed E-state index contributed by atoms with van der Waals surface area (Å²) in [7, 11) is 1.64. The number of amides is 1. The highest BCUT2D eigenvalue weighted by Gasteiger charge is 2.35. The van der Waals surface area contributed by atoms with Gasteiger partial charge in [-0.3, -0.25) is 4.79 Å². The molecule has 1 amide bonds. The molecule has 0 spiro atoms. The minimum Gasteiger partial charge on any atom is -0.497 e. The van der Waals surface area contributed by atoms with Crippen LogP contribution >= 0.6 is 0 Å². The summed E-state index contributed by atoms with van der Waals surface area (Å²) in [6.07, 6.45) is 0.455. The molecule has 0 N–H and O–H groups in total. The van der Waals surface area contributed by atoms with Crippen molar-refractivity contribution in [2.24, 2.45) is 0 Å². The zero-order valence-corrected chi connectivity index (χ0v) is 17.7. The lowest BCUT2D eigenvalue weighted by molar-refractivity contribution is -0.117. The summed E-state index contributed by atoms with van der Waals surface area (Å²) in [5.41, 5.74) is 4.19. The number of anilines is 1. The number of ether oxygens (including phenoxy) is 1. The van der Waals surface area contributed by atoms with Gasteiger partial charge in [0.1, 0.15) is 11.6 Å². The number of rotatable bonds is 5. The quantitative estimate of drug-likeness (QED) is 0.455. The molecule has 156 valence electrons. The van der Waals surface area contributed by atoms with E-state index in [0.717, 1.165) is 28.3 Å². The summed E-state index contributed by atoms with van der Waals surface area (Å²) < 4.78 is 7.56. The van der Waals surface area contributed by atoms with Crippen LogP contribution in [0.3, 0.4) is 0 Å². The molecule has 2 atom stereocenters. The number of hydrogen-bond donors (Lipinski definition) is 0. The maximum absolute atomic E-state index is 12.9. The van der Waals surface area contributed by atoms with Gasteiger partial charge < -0.3 is 14.2 Å². The predicted molar refractivity (Wildman–Crippen MR) is 123 cm³/mol. The van der Waals surface area contributed by atoms with Gasteiger partial charge in [-0.25, -0.2) is 4.98 Å². The number of imidazole rings is 1. The van der Waals surface area contributed by atoms with Gasteiger partial charge in [0, 0.05) is 24.6 Å². The van der Waals surface area contributed by atoms with Gasteiger partial charge in [0.05, 0.1) is 24.2 Å². The third kappa shape index (κ3) is 3.46. The maximum Gasteiger partial charge on any atom is 0.227 e. The Bertz CT molecular complexity index is 1210. The number of fused-ring (bicyclic) bond motifs is 1. The van der Waals surface area contributed by atoms with E-state index in [1.165, 1.54) is 5.56 Å². The molecule has 1 aliphatic rings. The molecule has 1 aliphatic heterocycles. The molecule has 0 radical (unpaired) electrons. The fourth-order valence-corrected chi connectivity index (χ4v) is 4.53. The summed E-state index contributed by atoms with van der Waals surface area (Å²) in [5, 5.41) is 0. The Morgan fingerprint density at radius 1 is 0.968 bits per heavy atom. The Balaban J connectivity index is 1.53. The van der Waals surface area contributed by atoms with Crippen molar-refractivity contribution >= 4 is 22.6 Å². The lowest BCUT2D eigenvalue weighted by Crippen LogP contribution is -2.24. The van der Waals surface area contributed by atoms with Crippen LogP contribution < -0.4 is 9.64 Å². The van der Waals surface area contributed by atoms with Gasteiger partial charge in [-0.1, -0.05) is 42.5 Å². The molecular formula is C26H25N3O2. The number of nitrogens with zero attached hydrogens (tertiary/aromatic N) is 3. The zero-order chi connectivity index (χ0) is 21.4. The molecule has 0 bridgehead atoms. The van der Waals surface area contributed by atoms with E-state index >= 15 is 0 Å². The van der Waals surface area contributed by atoms with Crippen molar-refractivity contribution in [2.75, 3.05) is 18.6 Å². The van der Waals surface area contributed by atoms with Gasteiger partial charge in [0.15, 0.2) is 0 Å². The molecular weight excluding hydrogens is 386 g/mol. The van der Waals surface area contributed by atoms with Gasteiger partial charge in [0.25, 0.3) is 0 Å². The number of para-hydroxylation sites is 2. The third-order valence-electron chi connectivity index (χ3n) is 6.17. The molecule has 0 saturated carbocycles. The van der Waals surface area contributed by atoms with E-state index in [2.05, 4.69) is 41.8 Å². The first-order valence-corrected chi connectivity index (χ1v) is 10.6. The van der Waals surface area contributed by atoms with Gasteiger partial charge in [-0.05, 0) is 48.9 Å². The molecule has 2 heterocycles. The first kappa shape index (κ1) is 19.4. The first-order valence-electron chi connectivity index (χ1n) is 10.6. The maximum atomic E-state index is 12.9. The lowest BCUT2D eigenvalue weighted by Gasteiger charge is -2.21. The van der Waals surface area contributed by atoms with Crippen molar-refractivity contribution in [1.82, 2.24) is 9.55 Å². The summed E-state index contributed by atoms with van der Waals surface area (Å²) >= 11 is 0. The van der Waals surface area contributed by atoms with E-state index in [4.69, 9.17) is 9.72 Å². The van der Waals surface area contributed by atoms with Crippen LogP contribution in [0.25, 0.3) is 11.0 Å². The van der Waals surface area contributed by atoms with E-state index in [9.17, 15) is 4.79 Å². The molecule has 3 aromatic carbocycles. The van der Waals surface area contributed by atoms with E-state index in [1.807, 2.05) is 53.4 Å². The number of methoxy groups -OCH3 is 1. The molecule has 4 aromatic rings. The van der Waals surface area contributed by atoms with Gasteiger partial charge in [-0.15, -0.1) is 0 Å². The van der Waals surface area contributed by atoms with Crippen LogP contribution in [0.15, 0.2) is 78.9 Å². The van der Waals surface area contributed by atoms with Gasteiger partial charge >= 0.3 is 0 Å². The highest BCUT2D eigenvalue weighted by Crippen LogP contribution is 2.36. The molecule has 31 heavy (non-hydrogen) atoms. The van der Waals surface area contributed by atoms with Crippen LogP contribution in [0, 0.1) is 0 Å². The van der Waals surface area contributed by atoms with Gasteiger partial charge in [0.2, 0.25) is 5.91 Å². The first-order chi connectivity index (χ1) is 15.2. The van der Waals surface area contributed by atoms with Crippen LogP contribution in [0.2, 0.25) is 0 Å². The Labute approximate surface area is 181 Å². The second kappa shape index (κ2) is 7.91. The fraction of sp³-hybridized carbons (Fsp3) is 0.231. The molecule has 1 aromatic heterocycles. The second-order valence-electron chi connectivity index (χ2n) is 8.02. The summed E-state index contributed by atoms with van der Waals surface area (Å²) in [5.74, 6) is 1.92. The molecule has 1 fully saturated rings. The van der Waals surface area contributed by atoms with E-state index in [1.54, 1.807) is 7.11 Å². The fourth-order valence-electron chi connectivity index (χ4n) is 4.53. The Hall–Kier alpha value is -3.60. The highest BCUT2D eigenvalue weighted by molar-refractivity contribution is 5.96. The van der Waals surface area contributed by atoms with Crippen molar-refractivity contribution in [2.45, 2.75) is 25.3 Å². The predicted octanol–water partition coefficient (Wildman–Crippen LogP) is 5.17. The highest BCUT2D eigenvalue weighted by atomic mass is 16.5. The summed E-state index contributed by atoms with van der Waals surface area (Å²) in [4.78, 5) is 19.8. The molecule has 0 unspecified atom stereocenters. The molecule has 0 aliphatic carbocycles. The minimum absolute atomic E-state index is 0.0353. The van der Waals surface area contributed by atoms with Crippen molar-refractivity contribution in [3.63, 3.8) is 0 Å². The largest absolute Gasteiger partial charge is 0.497 e. The topological polar surface area (TPSA) is 47.4 Å². The number of hydrogen-bond acceptors (Lipinski definition) is 3. The zero-order valence-electron chi connectivity index (χ0n) is 17.7. The summed E-state index contributed by atoms with van der Waals surface area (Å²) in [6, 6.07) is 26.5. The van der Waals surface area contributed by atoms with Crippen molar-refractivity contribution in [3.05, 3.63) is 90.3 Å². The molecule has 1 saturated heterocycles. The molecule has 5 nitrogen and oxygen atoms in total. The molecule has 5 heteroatoms. The van der Waals surface area contributed by atoms with Crippen LogP contribution in [0.5, 0.6) is 5.75 Å². The van der Waals surface area contributed by atoms with Crippen molar-refractivity contribution in [3.8, 4) is 5.75 Å². The summed E-state index contributed by atoms with van der Waals surface area (Å²) in [6.45, 7) is 2.82.